The molecule has 1 atom stereocenters. The van der Waals surface area contributed by atoms with Gasteiger partial charge in [-0.25, -0.2) is 0 Å². The quantitative estimate of drug-likeness (QED) is 0.725. The minimum atomic E-state index is -0.476. The molecule has 0 spiro atoms. The van der Waals surface area contributed by atoms with Gasteiger partial charge in [0.05, 0.1) is 6.04 Å². The van der Waals surface area contributed by atoms with Crippen LogP contribution in [0.1, 0.15) is 23.6 Å². The van der Waals surface area contributed by atoms with E-state index >= 15 is 0 Å². The van der Waals surface area contributed by atoms with E-state index in [2.05, 4.69) is 27.8 Å². The maximum Gasteiger partial charge on any atom is 0.253 e. The van der Waals surface area contributed by atoms with E-state index in [1.165, 1.54) is 11.1 Å². The van der Waals surface area contributed by atoms with Crippen LogP contribution in [0, 0.1) is 0 Å². The van der Waals surface area contributed by atoms with Gasteiger partial charge < -0.3 is 10.6 Å². The van der Waals surface area contributed by atoms with Gasteiger partial charge >= 0.3 is 0 Å². The molecule has 1 heterocycles. The van der Waals surface area contributed by atoms with E-state index in [1.54, 1.807) is 24.5 Å². The third-order valence-electron chi connectivity index (χ3n) is 4.31. The predicted octanol–water partition coefficient (Wildman–Crippen LogP) is 2.52. The van der Waals surface area contributed by atoms with Crippen LogP contribution in [0.15, 0.2) is 58.4 Å². The van der Waals surface area contributed by atoms with Crippen molar-refractivity contribution in [1.82, 2.24) is 4.98 Å². The van der Waals surface area contributed by atoms with Gasteiger partial charge in [-0.05, 0) is 36.1 Å². The third kappa shape index (κ3) is 2.30. The Labute approximate surface area is 132 Å². The van der Waals surface area contributed by atoms with Gasteiger partial charge in [-0.2, -0.15) is 0 Å². The van der Waals surface area contributed by atoms with Crippen molar-refractivity contribution < 1.29 is 0 Å². The average Bonchev–Trinajstić information content (AvgIpc) is 3.02. The molecule has 4 rings (SSSR count). The molecule has 23 heavy (non-hydrogen) atoms. The van der Waals surface area contributed by atoms with E-state index < -0.39 is 10.9 Å². The Morgan fingerprint density at radius 1 is 0.957 bits per heavy atom. The summed E-state index contributed by atoms with van der Waals surface area (Å²) in [6.07, 6.45) is 5.17. The van der Waals surface area contributed by atoms with Crippen molar-refractivity contribution in [2.24, 2.45) is 0 Å². The molecule has 0 fully saturated rings. The molecule has 0 saturated carbocycles. The summed E-state index contributed by atoms with van der Waals surface area (Å²) in [5, 5.41) is 6.27. The first-order chi connectivity index (χ1) is 11.2. The molecule has 1 unspecified atom stereocenters. The van der Waals surface area contributed by atoms with Crippen LogP contribution < -0.4 is 21.5 Å². The molecule has 2 N–H and O–H groups in total. The molecule has 114 valence electrons. The molecule has 0 radical (unpaired) electrons. The number of anilines is 3. The first-order valence-corrected chi connectivity index (χ1v) is 7.59. The topological polar surface area (TPSA) is 71.1 Å². The Hall–Kier alpha value is -2.95. The lowest BCUT2D eigenvalue weighted by Crippen LogP contribution is -2.37. The molecule has 3 aromatic rings. The van der Waals surface area contributed by atoms with Crippen LogP contribution in [0.5, 0.6) is 0 Å². The maximum absolute atomic E-state index is 11.9. The highest BCUT2D eigenvalue weighted by molar-refractivity contribution is 5.79. The van der Waals surface area contributed by atoms with Crippen molar-refractivity contribution in [3.63, 3.8) is 0 Å². The van der Waals surface area contributed by atoms with Crippen molar-refractivity contribution in [1.29, 1.82) is 0 Å². The highest BCUT2D eigenvalue weighted by Gasteiger charge is 2.27. The van der Waals surface area contributed by atoms with Gasteiger partial charge in [0.2, 0.25) is 0 Å². The van der Waals surface area contributed by atoms with Crippen LogP contribution in [0.25, 0.3) is 0 Å². The van der Waals surface area contributed by atoms with E-state index in [0.717, 1.165) is 18.5 Å². The first kappa shape index (κ1) is 13.7. The highest BCUT2D eigenvalue weighted by atomic mass is 16.2. The Kier molecular flexibility index (Phi) is 3.19. The van der Waals surface area contributed by atoms with E-state index in [4.69, 9.17) is 0 Å². The standard InChI is InChI=1S/C18H15N3O2/c22-17-15(20-12-7-9-19-10-8-12)16(18(17)23)21-14-6-5-11-3-1-2-4-13(11)14/h1-4,7-10,14,21H,5-6H2,(H,19,20). The summed E-state index contributed by atoms with van der Waals surface area (Å²) in [5.74, 6) is 0. The van der Waals surface area contributed by atoms with Gasteiger partial charge in [0.15, 0.2) is 0 Å². The van der Waals surface area contributed by atoms with Crippen molar-refractivity contribution >= 4 is 17.1 Å². The molecule has 0 bridgehead atoms. The van der Waals surface area contributed by atoms with Gasteiger partial charge in [0.1, 0.15) is 11.4 Å². The van der Waals surface area contributed by atoms with E-state index in [9.17, 15) is 9.59 Å². The normalized spacial score (nSPS) is 16.3. The maximum atomic E-state index is 11.9. The predicted molar refractivity (Wildman–Crippen MR) is 90.0 cm³/mol. The largest absolute Gasteiger partial charge is 0.373 e. The Morgan fingerprint density at radius 3 is 2.52 bits per heavy atom. The number of aromatic nitrogens is 1. The summed E-state index contributed by atoms with van der Waals surface area (Å²) in [6, 6.07) is 11.8. The molecule has 5 nitrogen and oxygen atoms in total. The van der Waals surface area contributed by atoms with Crippen LogP contribution in [0.4, 0.5) is 17.1 Å². The number of hydrogen-bond acceptors (Lipinski definition) is 5. The van der Waals surface area contributed by atoms with Crippen molar-refractivity contribution in [3.8, 4) is 0 Å². The summed E-state index contributed by atoms with van der Waals surface area (Å²) in [6.45, 7) is 0. The molecule has 0 amide bonds. The van der Waals surface area contributed by atoms with E-state index in [0.29, 0.717) is 11.4 Å². The zero-order chi connectivity index (χ0) is 15.8. The molecular weight excluding hydrogens is 290 g/mol. The fourth-order valence-corrected chi connectivity index (χ4v) is 3.11. The number of aryl methyl sites for hydroxylation is 1. The van der Waals surface area contributed by atoms with Crippen LogP contribution in [-0.2, 0) is 6.42 Å². The van der Waals surface area contributed by atoms with Gasteiger partial charge in [0.25, 0.3) is 10.9 Å². The van der Waals surface area contributed by atoms with Crippen LogP contribution in [-0.4, -0.2) is 4.98 Å². The van der Waals surface area contributed by atoms with Crippen LogP contribution in [0.2, 0.25) is 0 Å². The molecule has 1 aliphatic carbocycles. The molecule has 1 aliphatic rings. The van der Waals surface area contributed by atoms with E-state index in [1.807, 2.05) is 12.1 Å². The fraction of sp³-hybridized carbons (Fsp3) is 0.167. The summed E-state index contributed by atoms with van der Waals surface area (Å²) < 4.78 is 0. The minimum absolute atomic E-state index is 0.0764. The van der Waals surface area contributed by atoms with Gasteiger partial charge in [-0.15, -0.1) is 0 Å². The number of pyridine rings is 1. The number of nitrogens with one attached hydrogen (secondary N) is 2. The summed E-state index contributed by atoms with van der Waals surface area (Å²) in [5.41, 5.74) is 3.03. The van der Waals surface area contributed by atoms with Crippen molar-refractivity contribution in [3.05, 3.63) is 80.4 Å². The second-order valence-corrected chi connectivity index (χ2v) is 5.70. The fourth-order valence-electron chi connectivity index (χ4n) is 3.11. The molecule has 5 heteroatoms. The van der Waals surface area contributed by atoms with E-state index in [-0.39, 0.29) is 6.04 Å². The monoisotopic (exact) mass is 305 g/mol. The Balaban J connectivity index is 1.61. The van der Waals surface area contributed by atoms with Gasteiger partial charge in [0, 0.05) is 18.1 Å². The minimum Gasteiger partial charge on any atom is -0.373 e. The van der Waals surface area contributed by atoms with Crippen LogP contribution in [0.3, 0.4) is 0 Å². The number of fused-ring (bicyclic) bond motifs is 1. The van der Waals surface area contributed by atoms with Crippen molar-refractivity contribution in [2.45, 2.75) is 18.9 Å². The average molecular weight is 305 g/mol. The van der Waals surface area contributed by atoms with Crippen LogP contribution >= 0.6 is 0 Å². The molecule has 1 aromatic heterocycles. The third-order valence-corrected chi connectivity index (χ3v) is 4.31. The zero-order valence-electron chi connectivity index (χ0n) is 12.4. The molecular formula is C18H15N3O2. The van der Waals surface area contributed by atoms with Gasteiger partial charge in [-0.3, -0.25) is 14.6 Å². The second kappa shape index (κ2) is 5.35. The number of hydrogen-bond donors (Lipinski definition) is 2. The lowest BCUT2D eigenvalue weighted by molar-refractivity contribution is 0.760. The Morgan fingerprint density at radius 2 is 1.70 bits per heavy atom. The smallest absolute Gasteiger partial charge is 0.253 e. The molecule has 0 aliphatic heterocycles. The lowest BCUT2D eigenvalue weighted by atomic mass is 10.1. The summed E-state index contributed by atoms with van der Waals surface area (Å²) in [7, 11) is 0. The first-order valence-electron chi connectivity index (χ1n) is 7.59. The summed E-state index contributed by atoms with van der Waals surface area (Å²) >= 11 is 0. The number of benzene rings is 1. The SMILES string of the molecule is O=c1c(Nc2ccncc2)c(NC2CCc3ccccc32)c1=O. The lowest BCUT2D eigenvalue weighted by Gasteiger charge is -2.19. The van der Waals surface area contributed by atoms with Crippen molar-refractivity contribution in [2.75, 3.05) is 10.6 Å². The van der Waals surface area contributed by atoms with Gasteiger partial charge in [-0.1, -0.05) is 24.3 Å². The number of nitrogens with zero attached hydrogens (tertiary/aromatic N) is 1. The molecule has 0 saturated heterocycles. The Bertz CT molecular complexity index is 927. The second-order valence-electron chi connectivity index (χ2n) is 5.70. The number of rotatable bonds is 4. The summed E-state index contributed by atoms with van der Waals surface area (Å²) in [4.78, 5) is 27.7. The zero-order valence-corrected chi connectivity index (χ0v) is 12.4. The molecule has 2 aromatic carbocycles. The highest BCUT2D eigenvalue weighted by Crippen LogP contribution is 2.34.